The first-order chi connectivity index (χ1) is 15.8. The predicted octanol–water partition coefficient (Wildman–Crippen LogP) is 5.25. The first-order valence-corrected chi connectivity index (χ1v) is 10.9. The molecular weight excluding hydrogens is 451 g/mol. The Morgan fingerprint density at radius 1 is 1.21 bits per heavy atom. The van der Waals surface area contributed by atoms with Gasteiger partial charge in [-0.15, -0.1) is 0 Å². The Morgan fingerprint density at radius 3 is 2.67 bits per heavy atom. The Kier molecular flexibility index (Phi) is 6.63. The maximum atomic E-state index is 13.7. The van der Waals surface area contributed by atoms with Gasteiger partial charge in [0, 0.05) is 51.2 Å². The Morgan fingerprint density at radius 2 is 2.00 bits per heavy atom. The quantitative estimate of drug-likeness (QED) is 0.491. The van der Waals surface area contributed by atoms with Crippen LogP contribution in [-0.4, -0.2) is 33.8 Å². The van der Waals surface area contributed by atoms with Crippen molar-refractivity contribution in [2.24, 2.45) is 7.05 Å². The fourth-order valence-electron chi connectivity index (χ4n) is 4.32. The third kappa shape index (κ3) is 5.15. The highest BCUT2D eigenvalue weighted by atomic mass is 35.5. The summed E-state index contributed by atoms with van der Waals surface area (Å²) in [6.45, 7) is 2.31. The van der Waals surface area contributed by atoms with Gasteiger partial charge in [0.25, 0.3) is 0 Å². The minimum Gasteiger partial charge on any atom is -0.363 e. The average Bonchev–Trinajstić information content (AvgIpc) is 3.41. The van der Waals surface area contributed by atoms with Crippen LogP contribution in [0.3, 0.4) is 0 Å². The van der Waals surface area contributed by atoms with Gasteiger partial charge in [-0.1, -0.05) is 29.8 Å². The summed E-state index contributed by atoms with van der Waals surface area (Å²) in [5.41, 5.74) is 1.67. The number of hydrogen-bond acceptors (Lipinski definition) is 4. The third-order valence-electron chi connectivity index (χ3n) is 6.06. The summed E-state index contributed by atoms with van der Waals surface area (Å²) >= 11 is 6.28. The molecule has 2 heterocycles. The van der Waals surface area contributed by atoms with E-state index in [2.05, 4.69) is 10.00 Å². The molecular formula is C24H23ClF3N5. The lowest BCUT2D eigenvalue weighted by Crippen LogP contribution is -2.37. The number of rotatable bonds is 6. The highest BCUT2D eigenvalue weighted by Gasteiger charge is 2.35. The van der Waals surface area contributed by atoms with E-state index in [1.54, 1.807) is 30.5 Å². The minimum absolute atomic E-state index is 0.0106. The van der Waals surface area contributed by atoms with E-state index >= 15 is 0 Å². The van der Waals surface area contributed by atoms with Gasteiger partial charge in [-0.25, -0.2) is 0 Å². The van der Waals surface area contributed by atoms with E-state index in [0.29, 0.717) is 24.3 Å². The second-order valence-electron chi connectivity index (χ2n) is 8.18. The molecule has 3 aromatic rings. The van der Waals surface area contributed by atoms with Crippen LogP contribution in [0.15, 0.2) is 54.7 Å². The smallest absolute Gasteiger partial charge is 0.363 e. The zero-order chi connectivity index (χ0) is 23.6. The molecule has 1 aromatic heterocycles. The number of benzene rings is 2. The van der Waals surface area contributed by atoms with Gasteiger partial charge in [-0.05, 0) is 42.3 Å². The second-order valence-corrected chi connectivity index (χ2v) is 8.59. The minimum atomic E-state index is -4.44. The summed E-state index contributed by atoms with van der Waals surface area (Å²) < 4.78 is 42.8. The zero-order valence-electron chi connectivity index (χ0n) is 18.1. The van der Waals surface area contributed by atoms with E-state index < -0.39 is 11.7 Å². The molecule has 4 rings (SSSR count). The van der Waals surface area contributed by atoms with Crippen LogP contribution in [0.5, 0.6) is 0 Å². The van der Waals surface area contributed by atoms with Crippen molar-refractivity contribution in [3.8, 4) is 6.07 Å². The van der Waals surface area contributed by atoms with Gasteiger partial charge in [-0.2, -0.15) is 23.5 Å². The Hall–Kier alpha value is -3.02. The molecule has 5 nitrogen and oxygen atoms in total. The largest absolute Gasteiger partial charge is 0.416 e. The lowest BCUT2D eigenvalue weighted by molar-refractivity contribution is -0.138. The molecule has 1 saturated heterocycles. The SMILES string of the molecule is Cn1nccc1CN1CC[C@H](N(Cc2ccccc2C(F)(F)F)c2ccc(C#N)c(Cl)c2)C1. The molecule has 2 aromatic carbocycles. The molecule has 0 unspecified atom stereocenters. The monoisotopic (exact) mass is 473 g/mol. The van der Waals surface area contributed by atoms with Crippen molar-refractivity contribution in [1.82, 2.24) is 14.7 Å². The van der Waals surface area contributed by atoms with Gasteiger partial charge in [0.2, 0.25) is 0 Å². The number of aryl methyl sites for hydroxylation is 1. The number of hydrogen-bond donors (Lipinski definition) is 0. The topological polar surface area (TPSA) is 48.1 Å². The van der Waals surface area contributed by atoms with E-state index in [1.165, 1.54) is 12.1 Å². The highest BCUT2D eigenvalue weighted by molar-refractivity contribution is 6.32. The molecule has 1 aliphatic rings. The van der Waals surface area contributed by atoms with Crippen LogP contribution in [-0.2, 0) is 26.3 Å². The van der Waals surface area contributed by atoms with Gasteiger partial charge in [0.15, 0.2) is 0 Å². The molecule has 9 heteroatoms. The Balaban J connectivity index is 1.64. The summed E-state index contributed by atoms with van der Waals surface area (Å²) in [7, 11) is 1.89. The van der Waals surface area contributed by atoms with Crippen LogP contribution < -0.4 is 4.90 Å². The second kappa shape index (κ2) is 9.46. The van der Waals surface area contributed by atoms with Crippen LogP contribution in [0, 0.1) is 11.3 Å². The van der Waals surface area contributed by atoms with Crippen LogP contribution >= 0.6 is 11.6 Å². The van der Waals surface area contributed by atoms with Gasteiger partial charge in [0.05, 0.1) is 21.8 Å². The lowest BCUT2D eigenvalue weighted by Gasteiger charge is -2.32. The number of anilines is 1. The van der Waals surface area contributed by atoms with Crippen molar-refractivity contribution >= 4 is 17.3 Å². The maximum Gasteiger partial charge on any atom is 0.416 e. The molecule has 0 aliphatic carbocycles. The van der Waals surface area contributed by atoms with Gasteiger partial charge >= 0.3 is 6.18 Å². The van der Waals surface area contributed by atoms with Gasteiger partial charge in [0.1, 0.15) is 6.07 Å². The van der Waals surface area contributed by atoms with Crippen LogP contribution in [0.25, 0.3) is 0 Å². The van der Waals surface area contributed by atoms with E-state index in [1.807, 2.05) is 28.8 Å². The normalized spacial score (nSPS) is 16.7. The summed E-state index contributed by atoms with van der Waals surface area (Å²) in [6, 6.07) is 14.7. The zero-order valence-corrected chi connectivity index (χ0v) is 18.8. The molecule has 0 spiro atoms. The Labute approximate surface area is 195 Å². The number of nitriles is 1. The summed E-state index contributed by atoms with van der Waals surface area (Å²) in [4.78, 5) is 4.25. The molecule has 1 aliphatic heterocycles. The molecule has 172 valence electrons. The van der Waals surface area contributed by atoms with E-state index in [0.717, 1.165) is 24.7 Å². The van der Waals surface area contributed by atoms with Crippen molar-refractivity contribution in [2.45, 2.75) is 31.7 Å². The number of nitrogens with zero attached hydrogens (tertiary/aromatic N) is 5. The Bertz CT molecular complexity index is 1170. The summed E-state index contributed by atoms with van der Waals surface area (Å²) in [6.07, 6.45) is -1.89. The van der Waals surface area contributed by atoms with Crippen molar-refractivity contribution in [2.75, 3.05) is 18.0 Å². The summed E-state index contributed by atoms with van der Waals surface area (Å²) in [5, 5.41) is 13.7. The predicted molar refractivity (Wildman–Crippen MR) is 121 cm³/mol. The fraction of sp³-hybridized carbons (Fsp3) is 0.333. The van der Waals surface area contributed by atoms with Crippen LogP contribution in [0.1, 0.15) is 28.8 Å². The molecule has 33 heavy (non-hydrogen) atoms. The van der Waals surface area contributed by atoms with Crippen molar-refractivity contribution in [3.05, 3.63) is 82.1 Å². The highest BCUT2D eigenvalue weighted by Crippen LogP contribution is 2.35. The average molecular weight is 474 g/mol. The standard InChI is InChI=1S/C24H23ClF3N5/c1-31-20(8-10-30-31)15-32-11-9-21(16-32)33(19-7-6-17(13-29)23(25)12-19)14-18-4-2-3-5-22(18)24(26,27)28/h2-8,10,12,21H,9,11,14-16H2,1H3/t21-/m0/s1. The number of halogens is 4. The molecule has 1 fully saturated rings. The van der Waals surface area contributed by atoms with Crippen LogP contribution in [0.2, 0.25) is 5.02 Å². The van der Waals surface area contributed by atoms with E-state index in [4.69, 9.17) is 11.6 Å². The number of alkyl halides is 3. The molecule has 0 bridgehead atoms. The third-order valence-corrected chi connectivity index (χ3v) is 6.38. The number of aromatic nitrogens is 2. The van der Waals surface area contributed by atoms with Gasteiger partial charge < -0.3 is 4.90 Å². The van der Waals surface area contributed by atoms with E-state index in [9.17, 15) is 18.4 Å². The van der Waals surface area contributed by atoms with E-state index in [-0.39, 0.29) is 23.2 Å². The van der Waals surface area contributed by atoms with Crippen molar-refractivity contribution < 1.29 is 13.2 Å². The first-order valence-electron chi connectivity index (χ1n) is 10.6. The molecule has 0 amide bonds. The maximum absolute atomic E-state index is 13.7. The molecule has 1 atom stereocenters. The van der Waals surface area contributed by atoms with Crippen molar-refractivity contribution in [3.63, 3.8) is 0 Å². The van der Waals surface area contributed by atoms with Crippen molar-refractivity contribution in [1.29, 1.82) is 5.26 Å². The number of likely N-dealkylation sites (tertiary alicyclic amines) is 1. The molecule has 0 radical (unpaired) electrons. The fourth-order valence-corrected chi connectivity index (χ4v) is 4.54. The lowest BCUT2D eigenvalue weighted by atomic mass is 10.0. The van der Waals surface area contributed by atoms with Gasteiger partial charge in [-0.3, -0.25) is 9.58 Å². The molecule has 0 saturated carbocycles. The summed E-state index contributed by atoms with van der Waals surface area (Å²) in [5.74, 6) is 0. The van der Waals surface area contributed by atoms with Crippen LogP contribution in [0.4, 0.5) is 18.9 Å². The molecule has 0 N–H and O–H groups in total. The first kappa shape index (κ1) is 23.1.